The van der Waals surface area contributed by atoms with Crippen molar-refractivity contribution in [2.24, 2.45) is 0 Å². The SMILES string of the molecule is COc1ccccc1OC(=O)CC(C)NC(=O)c1ccccc1. The van der Waals surface area contributed by atoms with Gasteiger partial charge in [0, 0.05) is 11.6 Å². The number of hydrogen-bond acceptors (Lipinski definition) is 4. The van der Waals surface area contributed by atoms with Gasteiger partial charge < -0.3 is 14.8 Å². The summed E-state index contributed by atoms with van der Waals surface area (Å²) in [6.07, 6.45) is 0.0661. The predicted molar refractivity (Wildman–Crippen MR) is 86.6 cm³/mol. The van der Waals surface area contributed by atoms with Crippen LogP contribution in [0.4, 0.5) is 0 Å². The molecule has 0 aliphatic rings. The number of methoxy groups -OCH3 is 1. The van der Waals surface area contributed by atoms with E-state index in [0.717, 1.165) is 0 Å². The zero-order valence-electron chi connectivity index (χ0n) is 13.1. The highest BCUT2D eigenvalue weighted by atomic mass is 16.6. The van der Waals surface area contributed by atoms with Gasteiger partial charge >= 0.3 is 5.97 Å². The molecule has 0 bridgehead atoms. The number of esters is 1. The highest BCUT2D eigenvalue weighted by Crippen LogP contribution is 2.26. The van der Waals surface area contributed by atoms with Crippen molar-refractivity contribution in [2.75, 3.05) is 7.11 Å². The van der Waals surface area contributed by atoms with Crippen LogP contribution >= 0.6 is 0 Å². The first-order valence-electron chi connectivity index (χ1n) is 7.29. The van der Waals surface area contributed by atoms with E-state index in [1.807, 2.05) is 6.07 Å². The molecule has 0 spiro atoms. The third kappa shape index (κ3) is 4.85. The largest absolute Gasteiger partial charge is 0.493 e. The normalized spacial score (nSPS) is 11.4. The molecule has 0 saturated heterocycles. The van der Waals surface area contributed by atoms with Gasteiger partial charge in [0.15, 0.2) is 11.5 Å². The Labute approximate surface area is 135 Å². The molecule has 1 N–H and O–H groups in total. The van der Waals surface area contributed by atoms with Crippen LogP contribution in [0, 0.1) is 0 Å². The molecule has 0 saturated carbocycles. The molecule has 1 atom stereocenters. The lowest BCUT2D eigenvalue weighted by atomic mass is 10.2. The van der Waals surface area contributed by atoms with E-state index in [2.05, 4.69) is 5.32 Å². The first-order valence-corrected chi connectivity index (χ1v) is 7.29. The third-order valence-corrected chi connectivity index (χ3v) is 3.18. The fourth-order valence-corrected chi connectivity index (χ4v) is 2.07. The fraction of sp³-hybridized carbons (Fsp3) is 0.222. The Morgan fingerprint density at radius 3 is 2.26 bits per heavy atom. The van der Waals surface area contributed by atoms with Crippen molar-refractivity contribution in [3.05, 3.63) is 60.2 Å². The maximum atomic E-state index is 12.0. The van der Waals surface area contributed by atoms with Crippen LogP contribution < -0.4 is 14.8 Å². The van der Waals surface area contributed by atoms with Gasteiger partial charge in [0.25, 0.3) is 5.91 Å². The second kappa shape index (κ2) is 7.98. The number of ether oxygens (including phenoxy) is 2. The summed E-state index contributed by atoms with van der Waals surface area (Å²) < 4.78 is 10.4. The third-order valence-electron chi connectivity index (χ3n) is 3.18. The quantitative estimate of drug-likeness (QED) is 0.658. The van der Waals surface area contributed by atoms with Crippen molar-refractivity contribution in [2.45, 2.75) is 19.4 Å². The number of carbonyl (C=O) groups is 2. The summed E-state index contributed by atoms with van der Waals surface area (Å²) in [5.41, 5.74) is 0.553. The molecule has 1 amide bonds. The molecular formula is C18H19NO4. The van der Waals surface area contributed by atoms with Crippen LogP contribution in [0.1, 0.15) is 23.7 Å². The Morgan fingerprint density at radius 1 is 1.00 bits per heavy atom. The van der Waals surface area contributed by atoms with Crippen LogP contribution in [-0.4, -0.2) is 25.0 Å². The van der Waals surface area contributed by atoms with Gasteiger partial charge in [0.05, 0.1) is 13.5 Å². The zero-order chi connectivity index (χ0) is 16.7. The molecule has 2 aromatic rings. The molecular weight excluding hydrogens is 294 g/mol. The van der Waals surface area contributed by atoms with Crippen molar-refractivity contribution in [3.63, 3.8) is 0 Å². The van der Waals surface area contributed by atoms with E-state index in [1.165, 1.54) is 7.11 Å². The summed E-state index contributed by atoms with van der Waals surface area (Å²) in [6, 6.07) is 15.4. The molecule has 0 aliphatic carbocycles. The summed E-state index contributed by atoms with van der Waals surface area (Å²) >= 11 is 0. The van der Waals surface area contributed by atoms with Crippen molar-refractivity contribution >= 4 is 11.9 Å². The summed E-state index contributed by atoms with van der Waals surface area (Å²) in [6.45, 7) is 1.75. The number of amides is 1. The first kappa shape index (κ1) is 16.5. The number of para-hydroxylation sites is 2. The van der Waals surface area contributed by atoms with E-state index in [0.29, 0.717) is 17.1 Å². The van der Waals surface area contributed by atoms with Crippen LogP contribution in [0.25, 0.3) is 0 Å². The Hall–Kier alpha value is -2.82. The standard InChI is InChI=1S/C18H19NO4/c1-13(19-18(21)14-8-4-3-5-9-14)12-17(20)23-16-11-7-6-10-15(16)22-2/h3-11,13H,12H2,1-2H3,(H,19,21). The van der Waals surface area contributed by atoms with E-state index >= 15 is 0 Å². The molecule has 1 unspecified atom stereocenters. The van der Waals surface area contributed by atoms with E-state index in [1.54, 1.807) is 55.5 Å². The highest BCUT2D eigenvalue weighted by Gasteiger charge is 2.16. The molecule has 0 aromatic heterocycles. The monoisotopic (exact) mass is 313 g/mol. The molecule has 0 radical (unpaired) electrons. The van der Waals surface area contributed by atoms with Crippen molar-refractivity contribution in [1.82, 2.24) is 5.32 Å². The number of carbonyl (C=O) groups excluding carboxylic acids is 2. The van der Waals surface area contributed by atoms with Gasteiger partial charge in [0.2, 0.25) is 0 Å². The molecule has 2 rings (SSSR count). The minimum atomic E-state index is -0.435. The fourth-order valence-electron chi connectivity index (χ4n) is 2.07. The highest BCUT2D eigenvalue weighted by molar-refractivity contribution is 5.94. The molecule has 120 valence electrons. The van der Waals surface area contributed by atoms with Crippen LogP contribution in [0.2, 0.25) is 0 Å². The number of benzene rings is 2. The average Bonchev–Trinajstić information content (AvgIpc) is 2.55. The van der Waals surface area contributed by atoms with E-state index < -0.39 is 5.97 Å². The molecule has 0 aliphatic heterocycles. The lowest BCUT2D eigenvalue weighted by molar-refractivity contribution is -0.134. The van der Waals surface area contributed by atoms with Gasteiger partial charge in [-0.15, -0.1) is 0 Å². The van der Waals surface area contributed by atoms with Crippen LogP contribution in [0.5, 0.6) is 11.5 Å². The maximum absolute atomic E-state index is 12.0. The second-order valence-corrected chi connectivity index (χ2v) is 5.07. The summed E-state index contributed by atoms with van der Waals surface area (Å²) in [5.74, 6) is 0.196. The minimum absolute atomic E-state index is 0.0661. The zero-order valence-corrected chi connectivity index (χ0v) is 13.1. The Morgan fingerprint density at radius 2 is 1.61 bits per heavy atom. The minimum Gasteiger partial charge on any atom is -0.493 e. The van der Waals surface area contributed by atoms with Crippen molar-refractivity contribution in [3.8, 4) is 11.5 Å². The van der Waals surface area contributed by atoms with E-state index in [-0.39, 0.29) is 18.4 Å². The van der Waals surface area contributed by atoms with Gasteiger partial charge in [-0.25, -0.2) is 0 Å². The number of nitrogens with one attached hydrogen (secondary N) is 1. The molecule has 5 nitrogen and oxygen atoms in total. The predicted octanol–water partition coefficient (Wildman–Crippen LogP) is 2.81. The van der Waals surface area contributed by atoms with Crippen LogP contribution in [0.3, 0.4) is 0 Å². The summed E-state index contributed by atoms with van der Waals surface area (Å²) in [5, 5.41) is 2.77. The molecule has 5 heteroatoms. The smallest absolute Gasteiger partial charge is 0.313 e. The number of rotatable bonds is 6. The van der Waals surface area contributed by atoms with Crippen molar-refractivity contribution < 1.29 is 19.1 Å². The van der Waals surface area contributed by atoms with Crippen molar-refractivity contribution in [1.29, 1.82) is 0 Å². The summed E-state index contributed by atoms with van der Waals surface area (Å²) in [4.78, 5) is 24.0. The summed E-state index contributed by atoms with van der Waals surface area (Å²) in [7, 11) is 1.51. The Kier molecular flexibility index (Phi) is 5.74. The van der Waals surface area contributed by atoms with Gasteiger partial charge in [-0.2, -0.15) is 0 Å². The lowest BCUT2D eigenvalue weighted by Gasteiger charge is -2.14. The first-order chi connectivity index (χ1) is 11.1. The van der Waals surface area contributed by atoms with Gasteiger partial charge in [-0.3, -0.25) is 9.59 Å². The maximum Gasteiger partial charge on any atom is 0.313 e. The number of hydrogen-bond donors (Lipinski definition) is 1. The molecule has 0 fully saturated rings. The average molecular weight is 313 g/mol. The Bertz CT molecular complexity index is 670. The topological polar surface area (TPSA) is 64.6 Å². The van der Waals surface area contributed by atoms with Gasteiger partial charge in [-0.1, -0.05) is 30.3 Å². The van der Waals surface area contributed by atoms with Crippen LogP contribution in [0.15, 0.2) is 54.6 Å². The lowest BCUT2D eigenvalue weighted by Crippen LogP contribution is -2.35. The van der Waals surface area contributed by atoms with Crippen LogP contribution in [-0.2, 0) is 4.79 Å². The Balaban J connectivity index is 1.88. The molecule has 2 aromatic carbocycles. The van der Waals surface area contributed by atoms with E-state index in [9.17, 15) is 9.59 Å². The van der Waals surface area contributed by atoms with Gasteiger partial charge in [0.1, 0.15) is 0 Å². The van der Waals surface area contributed by atoms with E-state index in [4.69, 9.17) is 9.47 Å². The molecule has 23 heavy (non-hydrogen) atoms. The van der Waals surface area contributed by atoms with Gasteiger partial charge in [-0.05, 0) is 31.2 Å². The second-order valence-electron chi connectivity index (χ2n) is 5.07. The molecule has 0 heterocycles.